The Morgan fingerprint density at radius 1 is 1.19 bits per heavy atom. The van der Waals surface area contributed by atoms with Crippen molar-refractivity contribution in [3.05, 3.63) is 57.5 Å². The van der Waals surface area contributed by atoms with Gasteiger partial charge in [-0.1, -0.05) is 6.07 Å². The summed E-state index contributed by atoms with van der Waals surface area (Å²) in [6.07, 6.45) is 4.13. The van der Waals surface area contributed by atoms with Crippen molar-refractivity contribution in [3.63, 3.8) is 0 Å². The quantitative estimate of drug-likeness (QED) is 0.722. The third-order valence-corrected chi connectivity index (χ3v) is 5.49. The molecule has 6 heteroatoms. The molecule has 3 aromatic rings. The summed E-state index contributed by atoms with van der Waals surface area (Å²) in [5.41, 5.74) is 3.39. The fourth-order valence-electron chi connectivity index (χ4n) is 3.74. The predicted molar refractivity (Wildman–Crippen MR) is 106 cm³/mol. The molecule has 4 rings (SSSR count). The number of fused-ring (bicyclic) bond motifs is 2. The summed E-state index contributed by atoms with van der Waals surface area (Å²) < 4.78 is 1.46. The normalized spacial score (nSPS) is 14.9. The number of rotatable bonds is 4. The molecule has 1 aliphatic heterocycles. The van der Waals surface area contributed by atoms with Gasteiger partial charge >= 0.3 is 0 Å². The Morgan fingerprint density at radius 2 is 1.96 bits per heavy atom. The average molecular weight is 364 g/mol. The number of likely N-dealkylation sites (tertiary alicyclic amines) is 1. The standard InChI is InChI=1S/C21H24N4O2/c1-14-7-8-16-18(15(14)2)23-19-17(6-5-12-25(19)21(16)27)20(26)22-9-13-24-10-3-4-11-24/h5-8,12H,3-4,9-11,13H2,1-2H3,(H,22,26). The van der Waals surface area contributed by atoms with E-state index in [0.717, 1.165) is 30.8 Å². The fraction of sp³-hybridized carbons (Fsp3) is 0.381. The van der Waals surface area contributed by atoms with Crippen molar-refractivity contribution in [1.29, 1.82) is 0 Å². The highest BCUT2D eigenvalue weighted by Crippen LogP contribution is 2.19. The van der Waals surface area contributed by atoms with Crippen LogP contribution >= 0.6 is 0 Å². The minimum Gasteiger partial charge on any atom is -0.351 e. The monoisotopic (exact) mass is 364 g/mol. The molecule has 0 aliphatic carbocycles. The zero-order valence-corrected chi connectivity index (χ0v) is 15.8. The minimum absolute atomic E-state index is 0.148. The highest BCUT2D eigenvalue weighted by atomic mass is 16.2. The molecule has 3 heterocycles. The first kappa shape index (κ1) is 17.7. The van der Waals surface area contributed by atoms with Gasteiger partial charge in [0.2, 0.25) is 0 Å². The number of hydrogen-bond acceptors (Lipinski definition) is 4. The first-order chi connectivity index (χ1) is 13.1. The topological polar surface area (TPSA) is 66.7 Å². The highest BCUT2D eigenvalue weighted by molar-refractivity contribution is 6.00. The lowest BCUT2D eigenvalue weighted by atomic mass is 10.1. The molecule has 1 N–H and O–H groups in total. The number of nitrogens with one attached hydrogen (secondary N) is 1. The van der Waals surface area contributed by atoms with E-state index in [-0.39, 0.29) is 11.5 Å². The lowest BCUT2D eigenvalue weighted by molar-refractivity contribution is 0.0951. The van der Waals surface area contributed by atoms with Gasteiger partial charge in [0.25, 0.3) is 11.5 Å². The number of nitrogens with zero attached hydrogens (tertiary/aromatic N) is 3. The van der Waals surface area contributed by atoms with Crippen LogP contribution in [-0.2, 0) is 0 Å². The molecule has 0 radical (unpaired) electrons. The van der Waals surface area contributed by atoms with Crippen molar-refractivity contribution < 1.29 is 4.79 Å². The van der Waals surface area contributed by atoms with E-state index in [0.29, 0.717) is 28.7 Å². The van der Waals surface area contributed by atoms with Gasteiger partial charge < -0.3 is 10.2 Å². The minimum atomic E-state index is -0.191. The van der Waals surface area contributed by atoms with Crippen molar-refractivity contribution in [2.75, 3.05) is 26.2 Å². The SMILES string of the molecule is Cc1ccc2c(=O)n3cccc(C(=O)NCCN4CCCC4)c3nc2c1C. The second kappa shape index (κ2) is 7.12. The molecular weight excluding hydrogens is 340 g/mol. The predicted octanol–water partition coefficient (Wildman–Crippen LogP) is 2.29. The van der Waals surface area contributed by atoms with Crippen LogP contribution in [0, 0.1) is 13.8 Å². The van der Waals surface area contributed by atoms with Gasteiger partial charge in [0.15, 0.2) is 5.65 Å². The van der Waals surface area contributed by atoms with Crippen LogP contribution in [0.15, 0.2) is 35.3 Å². The molecule has 1 saturated heterocycles. The Bertz CT molecular complexity index is 1080. The number of aryl methyl sites for hydroxylation is 2. The van der Waals surface area contributed by atoms with Crippen LogP contribution in [-0.4, -0.2) is 46.4 Å². The lowest BCUT2D eigenvalue weighted by Crippen LogP contribution is -2.34. The van der Waals surface area contributed by atoms with E-state index in [1.165, 1.54) is 17.2 Å². The maximum Gasteiger partial charge on any atom is 0.265 e. The van der Waals surface area contributed by atoms with E-state index >= 15 is 0 Å². The molecule has 6 nitrogen and oxygen atoms in total. The maximum absolute atomic E-state index is 12.9. The number of hydrogen-bond donors (Lipinski definition) is 1. The van der Waals surface area contributed by atoms with Crippen LogP contribution in [0.4, 0.5) is 0 Å². The van der Waals surface area contributed by atoms with Gasteiger partial charge in [0.1, 0.15) is 0 Å². The number of carbonyl (C=O) groups is 1. The Labute approximate surface area is 157 Å². The van der Waals surface area contributed by atoms with E-state index in [2.05, 4.69) is 10.2 Å². The Kier molecular flexibility index (Phi) is 4.66. The zero-order chi connectivity index (χ0) is 19.0. The number of amides is 1. The van der Waals surface area contributed by atoms with Crippen LogP contribution in [0.5, 0.6) is 0 Å². The summed E-state index contributed by atoms with van der Waals surface area (Å²) in [6, 6.07) is 7.19. The summed E-state index contributed by atoms with van der Waals surface area (Å²) in [5.74, 6) is -0.191. The molecule has 27 heavy (non-hydrogen) atoms. The molecule has 1 fully saturated rings. The van der Waals surface area contributed by atoms with Gasteiger partial charge in [-0.15, -0.1) is 0 Å². The van der Waals surface area contributed by atoms with Gasteiger partial charge in [-0.25, -0.2) is 4.98 Å². The van der Waals surface area contributed by atoms with Crippen LogP contribution in [0.2, 0.25) is 0 Å². The molecule has 1 aliphatic rings. The smallest absolute Gasteiger partial charge is 0.265 e. The van der Waals surface area contributed by atoms with Gasteiger partial charge in [-0.05, 0) is 69.1 Å². The number of carbonyl (C=O) groups excluding carboxylic acids is 1. The van der Waals surface area contributed by atoms with Crippen molar-refractivity contribution in [1.82, 2.24) is 19.6 Å². The first-order valence-corrected chi connectivity index (χ1v) is 9.48. The summed E-state index contributed by atoms with van der Waals surface area (Å²) in [5, 5.41) is 3.55. The molecule has 0 saturated carbocycles. The maximum atomic E-state index is 12.9. The third kappa shape index (κ3) is 3.21. The third-order valence-electron chi connectivity index (χ3n) is 5.49. The first-order valence-electron chi connectivity index (χ1n) is 9.48. The average Bonchev–Trinajstić information content (AvgIpc) is 3.18. The van der Waals surface area contributed by atoms with Gasteiger partial charge in [-0.3, -0.25) is 14.0 Å². The Morgan fingerprint density at radius 3 is 2.74 bits per heavy atom. The summed E-state index contributed by atoms with van der Waals surface area (Å²) in [6.45, 7) is 7.60. The van der Waals surface area contributed by atoms with Crippen molar-refractivity contribution in [2.24, 2.45) is 0 Å². The van der Waals surface area contributed by atoms with E-state index in [1.807, 2.05) is 26.0 Å². The van der Waals surface area contributed by atoms with Crippen molar-refractivity contribution in [2.45, 2.75) is 26.7 Å². The summed E-state index contributed by atoms with van der Waals surface area (Å²) in [7, 11) is 0. The molecule has 0 unspecified atom stereocenters. The largest absolute Gasteiger partial charge is 0.351 e. The van der Waals surface area contributed by atoms with Crippen molar-refractivity contribution >= 4 is 22.5 Å². The fourth-order valence-corrected chi connectivity index (χ4v) is 3.74. The molecule has 1 amide bonds. The molecule has 0 spiro atoms. The molecule has 0 bridgehead atoms. The molecule has 2 aromatic heterocycles. The van der Waals surface area contributed by atoms with Crippen LogP contribution in [0.25, 0.3) is 16.6 Å². The highest BCUT2D eigenvalue weighted by Gasteiger charge is 2.16. The Balaban J connectivity index is 1.71. The second-order valence-electron chi connectivity index (χ2n) is 7.24. The van der Waals surface area contributed by atoms with E-state index in [9.17, 15) is 9.59 Å². The molecule has 0 atom stereocenters. The van der Waals surface area contributed by atoms with Gasteiger partial charge in [-0.2, -0.15) is 0 Å². The second-order valence-corrected chi connectivity index (χ2v) is 7.24. The van der Waals surface area contributed by atoms with Crippen molar-refractivity contribution in [3.8, 4) is 0 Å². The number of benzene rings is 1. The molecule has 140 valence electrons. The van der Waals surface area contributed by atoms with E-state index in [1.54, 1.807) is 18.3 Å². The molecule has 1 aromatic carbocycles. The van der Waals surface area contributed by atoms with Crippen LogP contribution < -0.4 is 10.9 Å². The zero-order valence-electron chi connectivity index (χ0n) is 15.8. The van der Waals surface area contributed by atoms with E-state index in [4.69, 9.17) is 4.98 Å². The lowest BCUT2D eigenvalue weighted by Gasteiger charge is -2.15. The molecular formula is C21H24N4O2. The van der Waals surface area contributed by atoms with Gasteiger partial charge in [0.05, 0.1) is 16.5 Å². The van der Waals surface area contributed by atoms with E-state index < -0.39 is 0 Å². The number of pyridine rings is 1. The van der Waals surface area contributed by atoms with Crippen LogP contribution in [0.3, 0.4) is 0 Å². The summed E-state index contributed by atoms with van der Waals surface area (Å²) >= 11 is 0. The Hall–Kier alpha value is -2.73. The number of aromatic nitrogens is 2. The van der Waals surface area contributed by atoms with Crippen LogP contribution in [0.1, 0.15) is 34.3 Å². The summed E-state index contributed by atoms with van der Waals surface area (Å²) in [4.78, 5) is 32.7. The van der Waals surface area contributed by atoms with Gasteiger partial charge in [0, 0.05) is 19.3 Å².